The largest absolute Gasteiger partial charge is 0.497 e. The van der Waals surface area contributed by atoms with Crippen LogP contribution in [0.15, 0.2) is 78.0 Å². The summed E-state index contributed by atoms with van der Waals surface area (Å²) >= 11 is 6.75. The third-order valence-electron chi connectivity index (χ3n) is 4.88. The van der Waals surface area contributed by atoms with Gasteiger partial charge in [-0.3, -0.25) is 9.36 Å². The smallest absolute Gasteiger partial charge is 0.417 e. The van der Waals surface area contributed by atoms with Crippen molar-refractivity contribution in [3.63, 3.8) is 0 Å². The molecule has 0 spiro atoms. The number of thioether (sulfide) groups is 1. The minimum absolute atomic E-state index is 0.00563. The lowest BCUT2D eigenvalue weighted by Crippen LogP contribution is -2.15. The van der Waals surface area contributed by atoms with Gasteiger partial charge in [0, 0.05) is 16.9 Å². The van der Waals surface area contributed by atoms with E-state index in [0.717, 1.165) is 35.1 Å². The van der Waals surface area contributed by atoms with E-state index in [9.17, 15) is 18.0 Å². The van der Waals surface area contributed by atoms with Gasteiger partial charge in [-0.15, -0.1) is 10.2 Å². The van der Waals surface area contributed by atoms with Gasteiger partial charge in [-0.05, 0) is 42.5 Å². The molecule has 11 heteroatoms. The highest BCUT2D eigenvalue weighted by atomic mass is 35.5. The summed E-state index contributed by atoms with van der Waals surface area (Å²) < 4.78 is 46.3. The van der Waals surface area contributed by atoms with Crippen LogP contribution in [0.4, 0.5) is 18.9 Å². The van der Waals surface area contributed by atoms with Gasteiger partial charge in [-0.1, -0.05) is 53.7 Å². The maximum Gasteiger partial charge on any atom is 0.417 e. The quantitative estimate of drug-likeness (QED) is 0.289. The molecule has 0 saturated carbocycles. The van der Waals surface area contributed by atoms with Crippen LogP contribution in [-0.2, 0) is 11.0 Å². The molecule has 0 fully saturated rings. The second kappa shape index (κ2) is 10.4. The molecule has 3 aromatic carbocycles. The monoisotopic (exact) mass is 518 g/mol. The number of aromatic nitrogens is 3. The first-order valence-electron chi connectivity index (χ1n) is 10.2. The highest BCUT2D eigenvalue weighted by Gasteiger charge is 2.33. The van der Waals surface area contributed by atoms with Crippen LogP contribution in [0.5, 0.6) is 5.75 Å². The van der Waals surface area contributed by atoms with Crippen molar-refractivity contribution in [3.05, 3.63) is 83.4 Å². The zero-order valence-electron chi connectivity index (χ0n) is 18.2. The molecule has 0 aliphatic heterocycles. The second-order valence-corrected chi connectivity index (χ2v) is 8.58. The van der Waals surface area contributed by atoms with E-state index in [0.29, 0.717) is 16.7 Å². The number of alkyl halides is 3. The maximum atomic E-state index is 13.1. The summed E-state index contributed by atoms with van der Waals surface area (Å²) in [5, 5.41) is 11.0. The Kier molecular flexibility index (Phi) is 7.32. The Labute approximate surface area is 208 Å². The second-order valence-electron chi connectivity index (χ2n) is 7.23. The van der Waals surface area contributed by atoms with Crippen molar-refractivity contribution >= 4 is 35.0 Å². The number of rotatable bonds is 7. The van der Waals surface area contributed by atoms with Crippen molar-refractivity contribution < 1.29 is 22.7 Å². The highest BCUT2D eigenvalue weighted by molar-refractivity contribution is 7.99. The van der Waals surface area contributed by atoms with E-state index >= 15 is 0 Å². The molecule has 0 bridgehead atoms. The van der Waals surface area contributed by atoms with Crippen LogP contribution in [-0.4, -0.2) is 33.5 Å². The van der Waals surface area contributed by atoms with Crippen molar-refractivity contribution in [2.75, 3.05) is 18.2 Å². The average molecular weight is 519 g/mol. The molecule has 0 atom stereocenters. The number of methoxy groups -OCH3 is 1. The molecule has 0 unspecified atom stereocenters. The topological polar surface area (TPSA) is 69.0 Å². The summed E-state index contributed by atoms with van der Waals surface area (Å²) in [6.07, 6.45) is -4.63. The van der Waals surface area contributed by atoms with Gasteiger partial charge in [0.2, 0.25) is 5.91 Å². The minimum Gasteiger partial charge on any atom is -0.497 e. The minimum atomic E-state index is -4.63. The number of benzene rings is 3. The van der Waals surface area contributed by atoms with Crippen molar-refractivity contribution in [1.29, 1.82) is 0 Å². The van der Waals surface area contributed by atoms with Crippen LogP contribution in [0.25, 0.3) is 17.1 Å². The lowest BCUT2D eigenvalue weighted by atomic mass is 10.2. The Balaban J connectivity index is 1.56. The number of hydrogen-bond donors (Lipinski definition) is 1. The molecule has 4 rings (SSSR count). The van der Waals surface area contributed by atoms with Crippen molar-refractivity contribution in [2.24, 2.45) is 0 Å². The number of carbonyl (C=O) groups excluding carboxylic acids is 1. The van der Waals surface area contributed by atoms with E-state index in [1.165, 1.54) is 6.07 Å². The van der Waals surface area contributed by atoms with E-state index < -0.39 is 22.7 Å². The predicted octanol–water partition coefficient (Wildman–Crippen LogP) is 6.35. The van der Waals surface area contributed by atoms with Gasteiger partial charge in [-0.25, -0.2) is 0 Å². The third kappa shape index (κ3) is 5.77. The number of carbonyl (C=O) groups is 1. The molecular weight excluding hydrogens is 501 g/mol. The molecule has 0 saturated heterocycles. The molecule has 0 radical (unpaired) electrons. The number of hydrogen-bond acceptors (Lipinski definition) is 5. The molecule has 35 heavy (non-hydrogen) atoms. The first kappa shape index (κ1) is 24.6. The van der Waals surface area contributed by atoms with Crippen LogP contribution in [0.1, 0.15) is 5.56 Å². The van der Waals surface area contributed by atoms with Crippen molar-refractivity contribution in [2.45, 2.75) is 11.3 Å². The zero-order valence-corrected chi connectivity index (χ0v) is 19.8. The summed E-state index contributed by atoms with van der Waals surface area (Å²) in [4.78, 5) is 12.5. The lowest BCUT2D eigenvalue weighted by Gasteiger charge is -2.12. The van der Waals surface area contributed by atoms with Crippen LogP contribution in [0, 0.1) is 0 Å². The lowest BCUT2D eigenvalue weighted by molar-refractivity contribution is -0.137. The molecule has 1 N–H and O–H groups in total. The predicted molar refractivity (Wildman–Crippen MR) is 129 cm³/mol. The van der Waals surface area contributed by atoms with Gasteiger partial charge in [0.1, 0.15) is 5.75 Å². The van der Waals surface area contributed by atoms with E-state index in [1.54, 1.807) is 23.8 Å². The summed E-state index contributed by atoms with van der Waals surface area (Å²) in [5.41, 5.74) is 0.559. The zero-order chi connectivity index (χ0) is 25.0. The molecule has 0 aliphatic rings. The fourth-order valence-corrected chi connectivity index (χ4v) is 4.23. The standard InChI is InChI=1S/C24H18ClF3N4O2S/c1-34-18-10-8-17(9-11-18)32-22(15-5-3-2-4-6-15)30-31-23(32)35-14-21(33)29-16-7-12-20(25)19(13-16)24(26,27)28/h2-13H,14H2,1H3,(H,29,33). The fourth-order valence-electron chi connectivity index (χ4n) is 3.25. The van der Waals surface area contributed by atoms with Crippen molar-refractivity contribution in [3.8, 4) is 22.8 Å². The molecule has 4 aromatic rings. The summed E-state index contributed by atoms with van der Waals surface area (Å²) in [5.74, 6) is 0.646. The average Bonchev–Trinajstić information content (AvgIpc) is 3.28. The molecule has 1 heterocycles. The van der Waals surface area contributed by atoms with Crippen molar-refractivity contribution in [1.82, 2.24) is 14.8 Å². The van der Waals surface area contributed by atoms with Gasteiger partial charge < -0.3 is 10.1 Å². The number of amides is 1. The van der Waals surface area contributed by atoms with E-state index in [4.69, 9.17) is 16.3 Å². The van der Waals surface area contributed by atoms with E-state index in [1.807, 2.05) is 42.5 Å². The SMILES string of the molecule is COc1ccc(-n2c(SCC(=O)Nc3ccc(Cl)c(C(F)(F)F)c3)nnc2-c2ccccc2)cc1. The maximum absolute atomic E-state index is 13.1. The number of anilines is 1. The summed E-state index contributed by atoms with van der Waals surface area (Å²) in [6.45, 7) is 0. The Morgan fingerprint density at radius 1 is 1.06 bits per heavy atom. The normalized spacial score (nSPS) is 11.3. The van der Waals surface area contributed by atoms with E-state index in [-0.39, 0.29) is 11.4 Å². The van der Waals surface area contributed by atoms with Gasteiger partial charge >= 0.3 is 6.18 Å². The molecule has 0 aliphatic carbocycles. The molecule has 1 aromatic heterocycles. The Hall–Kier alpha value is -3.50. The fraction of sp³-hybridized carbons (Fsp3) is 0.125. The summed E-state index contributed by atoms with van der Waals surface area (Å²) in [6, 6.07) is 19.9. The first-order valence-corrected chi connectivity index (χ1v) is 11.6. The van der Waals surface area contributed by atoms with Crippen LogP contribution < -0.4 is 10.1 Å². The summed E-state index contributed by atoms with van der Waals surface area (Å²) in [7, 11) is 1.57. The van der Waals surface area contributed by atoms with Gasteiger partial charge in [0.25, 0.3) is 0 Å². The third-order valence-corrected chi connectivity index (χ3v) is 6.14. The van der Waals surface area contributed by atoms with Gasteiger partial charge in [0.15, 0.2) is 11.0 Å². The molecule has 180 valence electrons. The number of ether oxygens (including phenoxy) is 1. The van der Waals surface area contributed by atoms with E-state index in [2.05, 4.69) is 15.5 Å². The van der Waals surface area contributed by atoms with Gasteiger partial charge in [-0.2, -0.15) is 13.2 Å². The Morgan fingerprint density at radius 2 is 1.77 bits per heavy atom. The molecular formula is C24H18ClF3N4O2S. The Bertz CT molecular complexity index is 1330. The molecule has 6 nitrogen and oxygen atoms in total. The first-order chi connectivity index (χ1) is 16.8. The number of halogens is 4. The van der Waals surface area contributed by atoms with Gasteiger partial charge in [0.05, 0.1) is 23.4 Å². The van der Waals surface area contributed by atoms with Crippen LogP contribution >= 0.6 is 23.4 Å². The van der Waals surface area contributed by atoms with Crippen LogP contribution in [0.2, 0.25) is 5.02 Å². The molecule has 1 amide bonds. The van der Waals surface area contributed by atoms with Crippen LogP contribution in [0.3, 0.4) is 0 Å². The Morgan fingerprint density at radius 3 is 2.43 bits per heavy atom. The number of nitrogens with zero attached hydrogens (tertiary/aromatic N) is 3. The highest BCUT2D eigenvalue weighted by Crippen LogP contribution is 2.36. The number of nitrogens with one attached hydrogen (secondary N) is 1.